The van der Waals surface area contributed by atoms with Gasteiger partial charge in [0.25, 0.3) is 0 Å². The molecular formula is C57H100O12. The normalized spacial score (nSPS) is 18.9. The molecule has 0 bridgehead atoms. The Bertz CT molecular complexity index is 1350. The molecule has 400 valence electrons. The van der Waals surface area contributed by atoms with Crippen molar-refractivity contribution in [1.82, 2.24) is 0 Å². The molecule has 6 atom stereocenters. The number of carbonyl (C=O) groups is 4. The van der Waals surface area contributed by atoms with Gasteiger partial charge in [-0.1, -0.05) is 192 Å². The van der Waals surface area contributed by atoms with Crippen LogP contribution in [0, 0.1) is 0 Å². The predicted octanol–water partition coefficient (Wildman–Crippen LogP) is 13.7. The Hall–Kier alpha value is -3.06. The number of ether oxygens (including phenoxy) is 5. The van der Waals surface area contributed by atoms with Gasteiger partial charge >= 0.3 is 23.9 Å². The van der Waals surface area contributed by atoms with Gasteiger partial charge in [-0.05, 0) is 77.0 Å². The number of aliphatic carboxylic acids is 1. The van der Waals surface area contributed by atoms with Crippen LogP contribution in [0.2, 0.25) is 0 Å². The monoisotopic (exact) mass is 977 g/mol. The number of carbonyl (C=O) groups excluding carboxylic acids is 3. The smallest absolute Gasteiger partial charge is 0.335 e. The second-order valence-corrected chi connectivity index (χ2v) is 19.2. The maximum absolute atomic E-state index is 13.1. The molecule has 1 saturated heterocycles. The zero-order valence-corrected chi connectivity index (χ0v) is 43.8. The van der Waals surface area contributed by atoms with Crippen LogP contribution in [0.3, 0.4) is 0 Å². The number of unbranched alkanes of at least 4 members (excludes halogenated alkanes) is 27. The van der Waals surface area contributed by atoms with E-state index in [4.69, 9.17) is 23.7 Å². The third kappa shape index (κ3) is 36.5. The van der Waals surface area contributed by atoms with Crippen molar-refractivity contribution in [3.05, 3.63) is 36.5 Å². The van der Waals surface area contributed by atoms with Gasteiger partial charge < -0.3 is 39.0 Å². The van der Waals surface area contributed by atoms with E-state index < -0.39 is 67.3 Å². The quantitative estimate of drug-likeness (QED) is 0.0228. The fourth-order valence-electron chi connectivity index (χ4n) is 8.33. The first-order valence-electron chi connectivity index (χ1n) is 28.0. The second-order valence-electron chi connectivity index (χ2n) is 19.2. The molecule has 0 saturated carbocycles. The summed E-state index contributed by atoms with van der Waals surface area (Å²) >= 11 is 0. The highest BCUT2D eigenvalue weighted by Gasteiger charge is 2.50. The summed E-state index contributed by atoms with van der Waals surface area (Å²) in [6.45, 7) is 5.92. The molecule has 1 rings (SSSR count). The second kappa shape index (κ2) is 46.0. The minimum Gasteiger partial charge on any atom is -0.479 e. The summed E-state index contributed by atoms with van der Waals surface area (Å²) in [7, 11) is 0. The summed E-state index contributed by atoms with van der Waals surface area (Å²) in [5, 5.41) is 31.4. The molecule has 0 aliphatic carbocycles. The Morgan fingerprint density at radius 2 is 0.870 bits per heavy atom. The number of esters is 3. The number of carboxylic acids is 1. The number of hydrogen-bond acceptors (Lipinski definition) is 11. The summed E-state index contributed by atoms with van der Waals surface area (Å²) in [6, 6.07) is 0. The lowest BCUT2D eigenvalue weighted by atomic mass is 9.98. The molecule has 0 aromatic heterocycles. The molecule has 0 aromatic carbocycles. The largest absolute Gasteiger partial charge is 0.479 e. The van der Waals surface area contributed by atoms with E-state index in [-0.39, 0.29) is 25.9 Å². The van der Waals surface area contributed by atoms with E-state index in [1.165, 1.54) is 89.9 Å². The molecular weight excluding hydrogens is 877 g/mol. The van der Waals surface area contributed by atoms with Gasteiger partial charge in [-0.15, -0.1) is 0 Å². The zero-order chi connectivity index (χ0) is 50.4. The van der Waals surface area contributed by atoms with Gasteiger partial charge in [-0.25, -0.2) is 4.79 Å². The number of rotatable bonds is 47. The molecule has 1 fully saturated rings. The first-order valence-corrected chi connectivity index (χ1v) is 28.0. The van der Waals surface area contributed by atoms with Crippen LogP contribution in [0.15, 0.2) is 36.5 Å². The highest BCUT2D eigenvalue weighted by Crippen LogP contribution is 2.26. The standard InChI is InChI=1S/C57H100O12/c1-4-7-10-13-16-19-22-24-25-27-30-33-36-39-42-45-51(60)68-55-53(62)52(61)54(56(63)64)69-57(55)66-47-48(67-50(59)44-41-38-35-32-28-21-18-15-12-9-6-3)46-65-49(58)43-40-37-34-31-29-26-23-20-17-14-11-8-5-2/h16,19-20,23-25,48,52-55,57,61-62H,4-15,17-18,21-22,26-47H2,1-3H3,(H,63,64)/b19-16-,23-20-,25-24-. The fourth-order valence-corrected chi connectivity index (χ4v) is 8.33. The molecule has 69 heavy (non-hydrogen) atoms. The molecule has 0 spiro atoms. The molecule has 0 aromatic rings. The van der Waals surface area contributed by atoms with Gasteiger partial charge in [0, 0.05) is 19.3 Å². The van der Waals surface area contributed by atoms with Crippen LogP contribution < -0.4 is 0 Å². The van der Waals surface area contributed by atoms with Crippen molar-refractivity contribution in [3.63, 3.8) is 0 Å². The van der Waals surface area contributed by atoms with Crippen molar-refractivity contribution in [2.24, 2.45) is 0 Å². The number of aliphatic hydroxyl groups excluding tert-OH is 2. The van der Waals surface area contributed by atoms with Crippen LogP contribution in [0.4, 0.5) is 0 Å². The number of allylic oxidation sites excluding steroid dienone is 6. The van der Waals surface area contributed by atoms with Crippen molar-refractivity contribution in [2.45, 2.75) is 289 Å². The minimum atomic E-state index is -1.90. The zero-order valence-electron chi connectivity index (χ0n) is 43.8. The summed E-state index contributed by atoms with van der Waals surface area (Å²) in [5.74, 6) is -3.13. The Kier molecular flexibility index (Phi) is 42.7. The minimum absolute atomic E-state index is 0.0464. The molecule has 0 amide bonds. The van der Waals surface area contributed by atoms with Crippen LogP contribution in [0.25, 0.3) is 0 Å². The fraction of sp³-hybridized carbons (Fsp3) is 0.825. The Morgan fingerprint density at radius 3 is 1.36 bits per heavy atom. The number of hydrogen-bond donors (Lipinski definition) is 3. The average molecular weight is 977 g/mol. The predicted molar refractivity (Wildman–Crippen MR) is 276 cm³/mol. The summed E-state index contributed by atoms with van der Waals surface area (Å²) in [4.78, 5) is 50.9. The van der Waals surface area contributed by atoms with Crippen molar-refractivity contribution in [1.29, 1.82) is 0 Å². The number of aliphatic hydroxyl groups is 2. The Morgan fingerprint density at radius 1 is 0.478 bits per heavy atom. The van der Waals surface area contributed by atoms with Crippen LogP contribution in [-0.4, -0.2) is 89.2 Å². The SMILES string of the molecule is CCCCC/C=C\C/C=C\CCCCCCCC(=O)OC1C(OCC(COC(=O)CCCCCCC/C=C\CCCCCC)OC(=O)CCCCCCCCCCCCC)OC(C(=O)O)C(O)C1O. The van der Waals surface area contributed by atoms with Gasteiger partial charge in [0.05, 0.1) is 6.61 Å². The van der Waals surface area contributed by atoms with E-state index >= 15 is 0 Å². The van der Waals surface area contributed by atoms with Gasteiger partial charge in [-0.2, -0.15) is 0 Å². The summed E-state index contributed by atoms with van der Waals surface area (Å²) < 4.78 is 28.3. The third-order valence-electron chi connectivity index (χ3n) is 12.7. The van der Waals surface area contributed by atoms with Crippen LogP contribution >= 0.6 is 0 Å². The molecule has 1 aliphatic heterocycles. The van der Waals surface area contributed by atoms with Crippen molar-refractivity contribution in [2.75, 3.05) is 13.2 Å². The lowest BCUT2D eigenvalue weighted by Gasteiger charge is -2.40. The molecule has 1 aliphatic rings. The molecule has 3 N–H and O–H groups in total. The first-order chi connectivity index (χ1) is 33.6. The van der Waals surface area contributed by atoms with E-state index in [1.54, 1.807) is 0 Å². The Balaban J connectivity index is 2.71. The lowest BCUT2D eigenvalue weighted by Crippen LogP contribution is -2.61. The molecule has 0 radical (unpaired) electrons. The van der Waals surface area contributed by atoms with E-state index in [2.05, 4.69) is 57.2 Å². The van der Waals surface area contributed by atoms with Gasteiger partial charge in [0.15, 0.2) is 24.6 Å². The summed E-state index contributed by atoms with van der Waals surface area (Å²) in [5.41, 5.74) is 0. The van der Waals surface area contributed by atoms with Gasteiger partial charge in [0.1, 0.15) is 18.8 Å². The maximum atomic E-state index is 13.1. The molecule has 1 heterocycles. The number of carboxylic acid groups (broad SMARTS) is 1. The van der Waals surface area contributed by atoms with Gasteiger partial charge in [-0.3, -0.25) is 14.4 Å². The van der Waals surface area contributed by atoms with Crippen molar-refractivity contribution in [3.8, 4) is 0 Å². The highest BCUT2D eigenvalue weighted by molar-refractivity contribution is 5.74. The van der Waals surface area contributed by atoms with E-state index in [0.717, 1.165) is 103 Å². The van der Waals surface area contributed by atoms with E-state index in [9.17, 15) is 34.5 Å². The lowest BCUT2D eigenvalue weighted by molar-refractivity contribution is -0.301. The molecule has 12 nitrogen and oxygen atoms in total. The molecule has 12 heteroatoms. The maximum Gasteiger partial charge on any atom is 0.335 e. The van der Waals surface area contributed by atoms with E-state index in [0.29, 0.717) is 19.3 Å². The first kappa shape index (κ1) is 64.0. The van der Waals surface area contributed by atoms with Gasteiger partial charge in [0.2, 0.25) is 0 Å². The average Bonchev–Trinajstić information content (AvgIpc) is 3.33. The van der Waals surface area contributed by atoms with Crippen LogP contribution in [0.1, 0.15) is 252 Å². The molecule has 6 unspecified atom stereocenters. The van der Waals surface area contributed by atoms with Crippen LogP contribution in [-0.2, 0) is 42.9 Å². The topological polar surface area (TPSA) is 175 Å². The van der Waals surface area contributed by atoms with Crippen LogP contribution in [0.5, 0.6) is 0 Å². The van der Waals surface area contributed by atoms with Crippen molar-refractivity contribution >= 4 is 23.9 Å². The summed E-state index contributed by atoms with van der Waals surface area (Å²) in [6.07, 6.45) is 39.8. The third-order valence-corrected chi connectivity index (χ3v) is 12.7. The van der Waals surface area contributed by atoms with E-state index in [1.807, 2.05) is 0 Å². The van der Waals surface area contributed by atoms with Crippen molar-refractivity contribution < 1.29 is 58.2 Å². The Labute approximate surface area is 419 Å². The highest BCUT2D eigenvalue weighted by atomic mass is 16.7.